The number of benzene rings is 3. The van der Waals surface area contributed by atoms with E-state index in [-0.39, 0.29) is 22.6 Å². The van der Waals surface area contributed by atoms with Crippen LogP contribution in [0.5, 0.6) is 11.5 Å². The van der Waals surface area contributed by atoms with Crippen molar-refractivity contribution < 1.29 is 32.6 Å². The Kier molecular flexibility index (Phi) is 6.73. The van der Waals surface area contributed by atoms with Gasteiger partial charge in [0.15, 0.2) is 0 Å². The van der Waals surface area contributed by atoms with E-state index >= 15 is 0 Å². The minimum atomic E-state index is -4.42. The van der Waals surface area contributed by atoms with E-state index in [1.54, 1.807) is 48.3 Å². The first-order valence-corrected chi connectivity index (χ1v) is 10.7. The highest BCUT2D eigenvalue weighted by Gasteiger charge is 2.30. The Morgan fingerprint density at radius 3 is 2.14 bits per heavy atom. The number of ether oxygens (including phenoxy) is 1. The minimum Gasteiger partial charge on any atom is -0.478 e. The fourth-order valence-electron chi connectivity index (χ4n) is 3.43. The molecule has 0 saturated carbocycles. The smallest absolute Gasteiger partial charge is 0.416 e. The van der Waals surface area contributed by atoms with Crippen molar-refractivity contribution in [2.24, 2.45) is 0 Å². The van der Waals surface area contributed by atoms with Crippen LogP contribution in [0.1, 0.15) is 32.0 Å². The number of nitrogens with zero attached hydrogens (tertiary/aromatic N) is 2. The second-order valence-corrected chi connectivity index (χ2v) is 7.77. The molecule has 0 aliphatic carbocycles. The van der Waals surface area contributed by atoms with Gasteiger partial charge in [-0.3, -0.25) is 9.78 Å². The number of carboxylic acids is 1. The molecule has 0 aliphatic rings. The quantitative estimate of drug-likeness (QED) is 0.293. The van der Waals surface area contributed by atoms with Gasteiger partial charge in [-0.2, -0.15) is 13.2 Å². The van der Waals surface area contributed by atoms with Crippen LogP contribution in [0.3, 0.4) is 0 Å². The Balaban J connectivity index is 1.53. The van der Waals surface area contributed by atoms with E-state index in [9.17, 15) is 27.9 Å². The van der Waals surface area contributed by atoms with Crippen molar-refractivity contribution in [2.75, 3.05) is 11.9 Å². The third kappa shape index (κ3) is 5.35. The molecule has 36 heavy (non-hydrogen) atoms. The molecule has 0 bridgehead atoms. The Hall–Kier alpha value is -4.66. The summed E-state index contributed by atoms with van der Waals surface area (Å²) in [6.07, 6.45) is -3.01. The maximum atomic E-state index is 13.0. The number of hydrogen-bond donors (Lipinski definition) is 1. The number of halogens is 3. The number of carboxylic acid groups (broad SMARTS) is 1. The van der Waals surface area contributed by atoms with Gasteiger partial charge in [-0.1, -0.05) is 18.2 Å². The van der Waals surface area contributed by atoms with Crippen molar-refractivity contribution in [1.82, 2.24) is 4.98 Å². The fraction of sp³-hybridized carbons (Fsp3) is 0.0741. The molecule has 0 spiro atoms. The normalized spacial score (nSPS) is 11.1. The van der Waals surface area contributed by atoms with Crippen LogP contribution in [0.4, 0.5) is 24.5 Å². The second-order valence-electron chi connectivity index (χ2n) is 7.77. The number of ketones is 1. The second kappa shape index (κ2) is 9.91. The van der Waals surface area contributed by atoms with Crippen molar-refractivity contribution >= 4 is 23.1 Å². The summed E-state index contributed by atoms with van der Waals surface area (Å²) in [6.45, 7) is 0. The van der Waals surface area contributed by atoms with Crippen LogP contribution in [0, 0.1) is 0 Å². The number of carbonyl (C=O) groups excluding carboxylic acids is 1. The fourth-order valence-corrected chi connectivity index (χ4v) is 3.43. The number of alkyl halides is 3. The lowest BCUT2D eigenvalue weighted by Crippen LogP contribution is -2.12. The monoisotopic (exact) mass is 492 g/mol. The van der Waals surface area contributed by atoms with Gasteiger partial charge < -0.3 is 14.7 Å². The zero-order chi connectivity index (χ0) is 25.9. The number of anilines is 2. The topological polar surface area (TPSA) is 79.7 Å². The van der Waals surface area contributed by atoms with E-state index in [0.717, 1.165) is 12.1 Å². The molecule has 182 valence electrons. The van der Waals surface area contributed by atoms with Crippen molar-refractivity contribution in [3.63, 3.8) is 0 Å². The van der Waals surface area contributed by atoms with E-state index < -0.39 is 23.5 Å². The highest BCUT2D eigenvalue weighted by Crippen LogP contribution is 2.32. The first kappa shape index (κ1) is 24.5. The number of para-hydroxylation sites is 1. The molecule has 0 unspecified atom stereocenters. The molecular formula is C27H19F3N2O4. The predicted octanol–water partition coefficient (Wildman–Crippen LogP) is 6.59. The van der Waals surface area contributed by atoms with Crippen molar-refractivity contribution in [1.29, 1.82) is 0 Å². The van der Waals surface area contributed by atoms with Gasteiger partial charge in [-0.15, -0.1) is 0 Å². The zero-order valence-electron chi connectivity index (χ0n) is 18.9. The van der Waals surface area contributed by atoms with Crippen LogP contribution < -0.4 is 9.64 Å². The summed E-state index contributed by atoms with van der Waals surface area (Å²) >= 11 is 0. The lowest BCUT2D eigenvalue weighted by atomic mass is 10.0. The molecule has 1 aromatic heterocycles. The van der Waals surface area contributed by atoms with Gasteiger partial charge in [0, 0.05) is 18.3 Å². The Labute approximate surface area is 204 Å². The number of hydrogen-bond acceptors (Lipinski definition) is 5. The maximum Gasteiger partial charge on any atom is 0.416 e. The summed E-state index contributed by atoms with van der Waals surface area (Å²) in [7, 11) is 1.66. The summed E-state index contributed by atoms with van der Waals surface area (Å²) in [5.74, 6) is -1.20. The molecule has 6 nitrogen and oxygen atoms in total. The van der Waals surface area contributed by atoms with Crippen LogP contribution in [0.15, 0.2) is 91.1 Å². The van der Waals surface area contributed by atoms with Gasteiger partial charge in [0.1, 0.15) is 22.8 Å². The minimum absolute atomic E-state index is 0.0765. The van der Waals surface area contributed by atoms with Gasteiger partial charge in [0.2, 0.25) is 5.78 Å². The molecule has 1 N–H and O–H groups in total. The third-order valence-electron chi connectivity index (χ3n) is 5.39. The van der Waals surface area contributed by atoms with Crippen LogP contribution in [-0.2, 0) is 6.18 Å². The van der Waals surface area contributed by atoms with Crippen LogP contribution >= 0.6 is 0 Å². The lowest BCUT2D eigenvalue weighted by molar-refractivity contribution is -0.137. The van der Waals surface area contributed by atoms with Crippen molar-refractivity contribution in [3.05, 3.63) is 114 Å². The molecule has 0 saturated heterocycles. The number of aromatic nitrogens is 1. The molecule has 9 heteroatoms. The first-order valence-electron chi connectivity index (χ1n) is 10.7. The molecule has 0 fully saturated rings. The third-order valence-corrected chi connectivity index (χ3v) is 5.39. The average molecular weight is 492 g/mol. The maximum absolute atomic E-state index is 13.0. The summed E-state index contributed by atoms with van der Waals surface area (Å²) in [5, 5.41) is 9.61. The zero-order valence-corrected chi connectivity index (χ0v) is 18.9. The molecule has 4 aromatic rings. The summed E-state index contributed by atoms with van der Waals surface area (Å²) in [6, 6.07) is 20.5. The standard InChI is InChI=1S/C27H19F3N2O4/c1-32(19-10-8-18(9-11-19)27(28,29)30)20-12-13-23(31-16-20)25(33)17-7-14-24(22(15-17)26(34)35)36-21-5-3-2-4-6-21/h2-16H,1H3,(H,34,35). The van der Waals surface area contributed by atoms with E-state index in [4.69, 9.17) is 4.74 Å². The molecule has 0 amide bonds. The van der Waals surface area contributed by atoms with E-state index in [0.29, 0.717) is 17.1 Å². The van der Waals surface area contributed by atoms with Gasteiger partial charge in [0.05, 0.1) is 17.4 Å². The Morgan fingerprint density at radius 2 is 1.56 bits per heavy atom. The van der Waals surface area contributed by atoms with Gasteiger partial charge in [-0.25, -0.2) is 4.79 Å². The number of pyridine rings is 1. The lowest BCUT2D eigenvalue weighted by Gasteiger charge is -2.20. The SMILES string of the molecule is CN(c1ccc(C(F)(F)F)cc1)c1ccc(C(=O)c2ccc(Oc3ccccc3)c(C(=O)O)c2)nc1. The Morgan fingerprint density at radius 1 is 0.889 bits per heavy atom. The number of rotatable bonds is 7. The van der Waals surface area contributed by atoms with Crippen molar-refractivity contribution in [2.45, 2.75) is 6.18 Å². The molecule has 0 radical (unpaired) electrons. The molecule has 1 heterocycles. The highest BCUT2D eigenvalue weighted by molar-refractivity contribution is 6.09. The average Bonchev–Trinajstić information content (AvgIpc) is 2.88. The molecule has 4 rings (SSSR count). The van der Waals surface area contributed by atoms with Crippen molar-refractivity contribution in [3.8, 4) is 11.5 Å². The molecule has 0 atom stereocenters. The van der Waals surface area contributed by atoms with Crippen LogP contribution in [-0.4, -0.2) is 28.9 Å². The number of aromatic carboxylic acids is 1. The molecule has 0 aliphatic heterocycles. The number of carbonyl (C=O) groups is 2. The van der Waals surface area contributed by atoms with E-state index in [2.05, 4.69) is 4.98 Å². The molecular weight excluding hydrogens is 473 g/mol. The Bertz CT molecular complexity index is 1390. The first-order chi connectivity index (χ1) is 17.1. The summed E-state index contributed by atoms with van der Waals surface area (Å²) in [5.41, 5.74) is 0.313. The van der Waals surface area contributed by atoms with Crippen LogP contribution in [0.25, 0.3) is 0 Å². The van der Waals surface area contributed by atoms with Gasteiger partial charge >= 0.3 is 12.1 Å². The summed E-state index contributed by atoms with van der Waals surface area (Å²) < 4.78 is 44.0. The van der Waals surface area contributed by atoms with Crippen LogP contribution in [0.2, 0.25) is 0 Å². The van der Waals surface area contributed by atoms with E-state index in [1.165, 1.54) is 42.6 Å². The molecule has 3 aromatic carbocycles. The van der Waals surface area contributed by atoms with Gasteiger partial charge in [-0.05, 0) is 66.7 Å². The summed E-state index contributed by atoms with van der Waals surface area (Å²) in [4.78, 5) is 30.5. The van der Waals surface area contributed by atoms with E-state index in [1.807, 2.05) is 0 Å². The largest absolute Gasteiger partial charge is 0.478 e. The predicted molar refractivity (Wildman–Crippen MR) is 127 cm³/mol. The highest BCUT2D eigenvalue weighted by atomic mass is 19.4. The van der Waals surface area contributed by atoms with Gasteiger partial charge in [0.25, 0.3) is 0 Å².